The van der Waals surface area contributed by atoms with Crippen LogP contribution in [0.1, 0.15) is 21.7 Å². The van der Waals surface area contributed by atoms with E-state index in [0.29, 0.717) is 13.1 Å². The van der Waals surface area contributed by atoms with Crippen LogP contribution in [0.15, 0.2) is 47.3 Å². The molecule has 1 aliphatic rings. The van der Waals surface area contributed by atoms with Gasteiger partial charge in [0.15, 0.2) is 0 Å². The summed E-state index contributed by atoms with van der Waals surface area (Å²) in [5.41, 5.74) is 4.25. The van der Waals surface area contributed by atoms with Crippen LogP contribution in [-0.4, -0.2) is 26.9 Å². The first-order chi connectivity index (χ1) is 11.2. The fourth-order valence-electron chi connectivity index (χ4n) is 2.95. The molecule has 116 valence electrons. The molecule has 0 fully saturated rings. The molecule has 0 spiro atoms. The van der Waals surface area contributed by atoms with E-state index in [4.69, 9.17) is 0 Å². The number of amides is 1. The van der Waals surface area contributed by atoms with Crippen LogP contribution in [0.4, 0.5) is 0 Å². The zero-order chi connectivity index (χ0) is 15.8. The maximum atomic E-state index is 12.6. The lowest BCUT2D eigenvalue weighted by Gasteiger charge is -2.28. The molecule has 4 nitrogen and oxygen atoms in total. The quantitative estimate of drug-likeness (QED) is 0.723. The van der Waals surface area contributed by atoms with E-state index < -0.39 is 0 Å². The van der Waals surface area contributed by atoms with Gasteiger partial charge >= 0.3 is 0 Å². The SMILES string of the molecule is Cc1ccc(C(=O)N2CCn3c(-c4ccsc4)cnc3C2)cc1. The van der Waals surface area contributed by atoms with Crippen molar-refractivity contribution in [2.75, 3.05) is 6.54 Å². The molecule has 23 heavy (non-hydrogen) atoms. The first-order valence-electron chi connectivity index (χ1n) is 7.65. The topological polar surface area (TPSA) is 38.1 Å². The maximum Gasteiger partial charge on any atom is 0.254 e. The largest absolute Gasteiger partial charge is 0.329 e. The van der Waals surface area contributed by atoms with E-state index in [1.807, 2.05) is 42.3 Å². The standard InChI is InChI=1S/C18H17N3OS/c1-13-2-4-14(5-3-13)18(22)20-7-8-21-16(10-19-17(21)11-20)15-6-9-23-12-15/h2-6,9-10,12H,7-8,11H2,1H3. The molecule has 5 heteroatoms. The minimum absolute atomic E-state index is 0.0799. The van der Waals surface area contributed by atoms with E-state index in [-0.39, 0.29) is 5.91 Å². The van der Waals surface area contributed by atoms with Crippen molar-refractivity contribution in [2.45, 2.75) is 20.0 Å². The Kier molecular flexibility index (Phi) is 3.50. The highest BCUT2D eigenvalue weighted by atomic mass is 32.1. The first kappa shape index (κ1) is 14.2. The highest BCUT2D eigenvalue weighted by molar-refractivity contribution is 7.08. The highest BCUT2D eigenvalue weighted by Gasteiger charge is 2.24. The molecule has 0 radical (unpaired) electrons. The summed E-state index contributed by atoms with van der Waals surface area (Å²) < 4.78 is 2.22. The van der Waals surface area contributed by atoms with E-state index in [1.165, 1.54) is 5.56 Å². The van der Waals surface area contributed by atoms with Gasteiger partial charge in [-0.3, -0.25) is 4.79 Å². The molecule has 0 N–H and O–H groups in total. The Morgan fingerprint density at radius 2 is 2.00 bits per heavy atom. The van der Waals surface area contributed by atoms with Gasteiger partial charge in [-0.2, -0.15) is 11.3 Å². The van der Waals surface area contributed by atoms with Crippen molar-refractivity contribution in [3.05, 3.63) is 64.2 Å². The third kappa shape index (κ3) is 2.57. The molecule has 4 rings (SSSR count). The van der Waals surface area contributed by atoms with Crippen LogP contribution in [0, 0.1) is 6.92 Å². The molecule has 0 atom stereocenters. The molecule has 0 bridgehead atoms. The van der Waals surface area contributed by atoms with Crippen LogP contribution in [0.5, 0.6) is 0 Å². The molecule has 1 amide bonds. The molecule has 1 aromatic carbocycles. The number of hydrogen-bond acceptors (Lipinski definition) is 3. The normalized spacial score (nSPS) is 13.9. The Bertz CT molecular complexity index is 834. The summed E-state index contributed by atoms with van der Waals surface area (Å²) in [6.45, 7) is 4.10. The summed E-state index contributed by atoms with van der Waals surface area (Å²) >= 11 is 1.69. The van der Waals surface area contributed by atoms with Gasteiger partial charge in [-0.25, -0.2) is 4.98 Å². The van der Waals surface area contributed by atoms with Crippen molar-refractivity contribution >= 4 is 17.2 Å². The molecule has 3 heterocycles. The van der Waals surface area contributed by atoms with E-state index in [0.717, 1.165) is 29.2 Å². The van der Waals surface area contributed by atoms with Crippen LogP contribution < -0.4 is 0 Å². The summed E-state index contributed by atoms with van der Waals surface area (Å²) in [7, 11) is 0. The van der Waals surface area contributed by atoms with Gasteiger partial charge in [0.05, 0.1) is 18.4 Å². The summed E-state index contributed by atoms with van der Waals surface area (Å²) in [5, 5.41) is 4.21. The van der Waals surface area contributed by atoms with Gasteiger partial charge in [-0.15, -0.1) is 0 Å². The number of benzene rings is 1. The number of nitrogens with zero attached hydrogens (tertiary/aromatic N) is 3. The number of aromatic nitrogens is 2. The number of aryl methyl sites for hydroxylation is 1. The lowest BCUT2D eigenvalue weighted by atomic mass is 10.1. The second-order valence-corrected chi connectivity index (χ2v) is 6.60. The molecular formula is C18H17N3OS. The van der Waals surface area contributed by atoms with Crippen LogP contribution in [0.2, 0.25) is 0 Å². The van der Waals surface area contributed by atoms with E-state index in [9.17, 15) is 4.79 Å². The second kappa shape index (κ2) is 5.66. The Balaban J connectivity index is 1.57. The van der Waals surface area contributed by atoms with Crippen molar-refractivity contribution in [1.29, 1.82) is 0 Å². The monoisotopic (exact) mass is 323 g/mol. The Labute approximate surface area is 139 Å². The highest BCUT2D eigenvalue weighted by Crippen LogP contribution is 2.26. The maximum absolute atomic E-state index is 12.6. The molecule has 3 aromatic rings. The number of carbonyl (C=O) groups excluding carboxylic acids is 1. The van der Waals surface area contributed by atoms with Gasteiger partial charge in [0, 0.05) is 29.6 Å². The zero-order valence-electron chi connectivity index (χ0n) is 12.9. The van der Waals surface area contributed by atoms with Crippen molar-refractivity contribution in [3.63, 3.8) is 0 Å². The van der Waals surface area contributed by atoms with E-state index in [2.05, 4.69) is 26.4 Å². The summed E-state index contributed by atoms with van der Waals surface area (Å²) in [4.78, 5) is 19.1. The summed E-state index contributed by atoms with van der Waals surface area (Å²) in [6, 6.07) is 9.86. The zero-order valence-corrected chi connectivity index (χ0v) is 13.7. The Morgan fingerprint density at radius 1 is 1.17 bits per heavy atom. The number of fused-ring (bicyclic) bond motifs is 1. The van der Waals surface area contributed by atoms with Crippen LogP contribution >= 0.6 is 11.3 Å². The van der Waals surface area contributed by atoms with Crippen molar-refractivity contribution in [2.24, 2.45) is 0 Å². The number of rotatable bonds is 2. The lowest BCUT2D eigenvalue weighted by Crippen LogP contribution is -2.38. The Morgan fingerprint density at radius 3 is 2.74 bits per heavy atom. The molecule has 2 aromatic heterocycles. The van der Waals surface area contributed by atoms with Gasteiger partial charge in [-0.05, 0) is 30.5 Å². The molecule has 1 aliphatic heterocycles. The van der Waals surface area contributed by atoms with Gasteiger partial charge in [-0.1, -0.05) is 17.7 Å². The van der Waals surface area contributed by atoms with Crippen molar-refractivity contribution < 1.29 is 4.79 Å². The molecular weight excluding hydrogens is 306 g/mol. The second-order valence-electron chi connectivity index (χ2n) is 5.82. The van der Waals surface area contributed by atoms with Crippen molar-refractivity contribution in [1.82, 2.24) is 14.5 Å². The smallest absolute Gasteiger partial charge is 0.254 e. The molecule has 0 unspecified atom stereocenters. The number of carbonyl (C=O) groups is 1. The van der Waals surface area contributed by atoms with Gasteiger partial charge in [0.2, 0.25) is 0 Å². The predicted octanol–water partition coefficient (Wildman–Crippen LogP) is 3.58. The molecule has 0 saturated heterocycles. The van der Waals surface area contributed by atoms with Crippen LogP contribution in [-0.2, 0) is 13.1 Å². The van der Waals surface area contributed by atoms with E-state index in [1.54, 1.807) is 11.3 Å². The van der Waals surface area contributed by atoms with Crippen LogP contribution in [0.25, 0.3) is 11.3 Å². The molecule has 0 saturated carbocycles. The average molecular weight is 323 g/mol. The van der Waals surface area contributed by atoms with E-state index >= 15 is 0 Å². The third-order valence-corrected chi connectivity index (χ3v) is 4.95. The summed E-state index contributed by atoms with van der Waals surface area (Å²) in [6.07, 6.45) is 1.91. The van der Waals surface area contributed by atoms with Crippen LogP contribution in [0.3, 0.4) is 0 Å². The minimum Gasteiger partial charge on any atom is -0.329 e. The third-order valence-electron chi connectivity index (χ3n) is 4.27. The molecule has 0 aliphatic carbocycles. The Hall–Kier alpha value is -2.40. The summed E-state index contributed by atoms with van der Waals surface area (Å²) in [5.74, 6) is 1.04. The average Bonchev–Trinajstić information content (AvgIpc) is 3.23. The van der Waals surface area contributed by atoms with Crippen molar-refractivity contribution in [3.8, 4) is 11.3 Å². The van der Waals surface area contributed by atoms with Gasteiger partial charge in [0.25, 0.3) is 5.91 Å². The van der Waals surface area contributed by atoms with Gasteiger partial charge in [0.1, 0.15) is 5.82 Å². The van der Waals surface area contributed by atoms with Gasteiger partial charge < -0.3 is 9.47 Å². The fourth-order valence-corrected chi connectivity index (χ4v) is 3.60. The lowest BCUT2D eigenvalue weighted by molar-refractivity contribution is 0.0708. The first-order valence-corrected chi connectivity index (χ1v) is 8.59. The minimum atomic E-state index is 0.0799. The number of hydrogen-bond donors (Lipinski definition) is 0. The number of imidazole rings is 1. The fraction of sp³-hybridized carbons (Fsp3) is 0.222. The predicted molar refractivity (Wildman–Crippen MR) is 91.5 cm³/mol. The number of thiophene rings is 1.